The predicted octanol–water partition coefficient (Wildman–Crippen LogP) is 10.7. The second kappa shape index (κ2) is 23.4. The molecule has 0 amide bonds. The number of ether oxygens (including phenoxy) is 6. The van der Waals surface area contributed by atoms with Crippen molar-refractivity contribution in [2.45, 2.75) is 109 Å². The fraction of sp³-hybridized carbons (Fsp3) is 0.423. The average molecular weight is 961 g/mol. The van der Waals surface area contributed by atoms with Crippen LogP contribution in [0.25, 0.3) is 11.2 Å². The molecule has 1 unspecified atom stereocenters. The monoisotopic (exact) mass is 960 g/mol. The lowest BCUT2D eigenvalue weighted by Gasteiger charge is -2.39. The second-order valence-corrected chi connectivity index (χ2v) is 25.4. The summed E-state index contributed by atoms with van der Waals surface area (Å²) in [6.45, 7) is 16.4. The van der Waals surface area contributed by atoms with Crippen molar-refractivity contribution in [1.29, 1.82) is 5.26 Å². The smallest absolute Gasteiger partial charge is 0.259 e. The van der Waals surface area contributed by atoms with E-state index in [-0.39, 0.29) is 38.3 Å². The number of nitriles is 1. The van der Waals surface area contributed by atoms with Crippen molar-refractivity contribution in [3.05, 3.63) is 144 Å². The first kappa shape index (κ1) is 50.6. The summed E-state index contributed by atoms with van der Waals surface area (Å²) in [5.74, 6) is 1.83. The molecule has 0 spiro atoms. The Morgan fingerprint density at radius 1 is 0.779 bits per heavy atom. The molecule has 360 valence electrons. The molecule has 1 fully saturated rings. The van der Waals surface area contributed by atoms with Crippen molar-refractivity contribution < 1.29 is 37.5 Å². The fourth-order valence-electron chi connectivity index (χ4n) is 8.39. The number of hydrogen-bond acceptors (Lipinski definition) is 13. The summed E-state index contributed by atoms with van der Waals surface area (Å²) in [5, 5.41) is 9.63. The van der Waals surface area contributed by atoms with Gasteiger partial charge in [0.1, 0.15) is 41.7 Å². The summed E-state index contributed by atoms with van der Waals surface area (Å²) in [7, 11) is 0.124. The first-order valence-corrected chi connectivity index (χ1v) is 28.1. The van der Waals surface area contributed by atoms with Gasteiger partial charge < -0.3 is 37.5 Å². The highest BCUT2D eigenvalue weighted by atomic mass is 31.2. The molecule has 0 bridgehead atoms. The van der Waals surface area contributed by atoms with Crippen molar-refractivity contribution >= 4 is 27.8 Å². The third kappa shape index (κ3) is 11.9. The average Bonchev–Trinajstić information content (AvgIpc) is 3.92. The lowest BCUT2D eigenvalue weighted by Crippen LogP contribution is -2.43. The number of aromatic nitrogens is 4. The lowest BCUT2D eigenvalue weighted by atomic mass is 9.80. The number of fused-ring (bicyclic) bond motifs is 1. The minimum absolute atomic E-state index is 0.0245. The van der Waals surface area contributed by atoms with Gasteiger partial charge in [-0.15, -0.1) is 0 Å². The molecule has 6 aromatic rings. The minimum Gasteiger partial charge on any atom is -0.497 e. The van der Waals surface area contributed by atoms with Crippen LogP contribution in [-0.4, -0.2) is 96.7 Å². The minimum atomic E-state index is -1.79. The lowest BCUT2D eigenvalue weighted by molar-refractivity contribution is -0.0963. The highest BCUT2D eigenvalue weighted by Gasteiger charge is 2.52. The van der Waals surface area contributed by atoms with Crippen LogP contribution in [0.15, 0.2) is 122 Å². The van der Waals surface area contributed by atoms with Crippen LogP contribution in [0.5, 0.6) is 17.4 Å². The van der Waals surface area contributed by atoms with E-state index >= 15 is 0 Å². The van der Waals surface area contributed by atoms with Gasteiger partial charge in [0.2, 0.25) is 5.88 Å². The van der Waals surface area contributed by atoms with Gasteiger partial charge in [0.05, 0.1) is 59.5 Å². The molecule has 5 atom stereocenters. The predicted molar refractivity (Wildman–Crippen MR) is 266 cm³/mol. The van der Waals surface area contributed by atoms with Gasteiger partial charge in [-0.1, -0.05) is 105 Å². The summed E-state index contributed by atoms with van der Waals surface area (Å²) >= 11 is 0. The molecule has 4 aromatic carbocycles. The largest absolute Gasteiger partial charge is 0.497 e. The zero-order chi connectivity index (χ0) is 48.3. The number of benzene rings is 4. The first-order valence-electron chi connectivity index (χ1n) is 23.2. The Kier molecular flexibility index (Phi) is 17.4. The molecule has 3 heterocycles. The van der Waals surface area contributed by atoms with Crippen molar-refractivity contribution in [2.75, 3.05) is 34.0 Å². The highest BCUT2D eigenvalue weighted by molar-refractivity contribution is 7.44. The summed E-state index contributed by atoms with van der Waals surface area (Å²) in [6.07, 6.45) is 0.272. The molecular weight excluding hydrogens is 896 g/mol. The molecule has 1 aliphatic rings. The Bertz CT molecular complexity index is 2470. The molecule has 1 saturated heterocycles. The zero-order valence-corrected chi connectivity index (χ0v) is 42.5. The molecule has 1 aliphatic heterocycles. The van der Waals surface area contributed by atoms with Gasteiger partial charge in [0, 0.05) is 20.2 Å². The normalized spacial score (nSPS) is 18.0. The van der Waals surface area contributed by atoms with Crippen LogP contribution in [0, 0.1) is 11.3 Å². The number of methoxy groups -OCH3 is 2. The van der Waals surface area contributed by atoms with Crippen LogP contribution in [0.4, 0.5) is 0 Å². The van der Waals surface area contributed by atoms with Gasteiger partial charge in [0.25, 0.3) is 8.53 Å². The van der Waals surface area contributed by atoms with Crippen LogP contribution in [0.1, 0.15) is 62.6 Å². The molecule has 0 radical (unpaired) electrons. The maximum Gasteiger partial charge on any atom is 0.259 e. The van der Waals surface area contributed by atoms with Gasteiger partial charge >= 0.3 is 0 Å². The summed E-state index contributed by atoms with van der Waals surface area (Å²) < 4.78 is 57.4. The van der Waals surface area contributed by atoms with Gasteiger partial charge in [0.15, 0.2) is 17.4 Å². The number of rotatable bonds is 24. The molecule has 2 aromatic heterocycles. The molecular formula is C52H65N6O8PSi. The molecule has 7 rings (SSSR count). The van der Waals surface area contributed by atoms with Crippen LogP contribution < -0.4 is 14.2 Å². The molecule has 0 N–H and O–H groups in total. The van der Waals surface area contributed by atoms with Crippen LogP contribution in [0.2, 0.25) is 25.7 Å². The van der Waals surface area contributed by atoms with Gasteiger partial charge in [-0.3, -0.25) is 4.57 Å². The van der Waals surface area contributed by atoms with E-state index in [2.05, 4.69) is 75.2 Å². The molecule has 68 heavy (non-hydrogen) atoms. The van der Waals surface area contributed by atoms with Gasteiger partial charge in [-0.05, 0) is 80.3 Å². The van der Waals surface area contributed by atoms with Crippen molar-refractivity contribution in [1.82, 2.24) is 24.2 Å². The van der Waals surface area contributed by atoms with E-state index in [9.17, 15) is 5.26 Å². The number of nitrogens with zero attached hydrogens (tertiary/aromatic N) is 6. The van der Waals surface area contributed by atoms with Crippen molar-refractivity contribution in [3.8, 4) is 23.4 Å². The second-order valence-electron chi connectivity index (χ2n) is 18.4. The van der Waals surface area contributed by atoms with Crippen molar-refractivity contribution in [3.63, 3.8) is 0 Å². The molecule has 16 heteroatoms. The van der Waals surface area contributed by atoms with Crippen LogP contribution in [0.3, 0.4) is 0 Å². The Hall–Kier alpha value is -5.27. The highest BCUT2D eigenvalue weighted by Crippen LogP contribution is 2.52. The zero-order valence-electron chi connectivity index (χ0n) is 40.7. The summed E-state index contributed by atoms with van der Waals surface area (Å²) in [4.78, 5) is 14.1. The Morgan fingerprint density at radius 3 is 1.96 bits per heavy atom. The topological polar surface area (TPSA) is 144 Å². The Labute approximate surface area is 403 Å². The van der Waals surface area contributed by atoms with E-state index in [1.807, 2.05) is 102 Å². The third-order valence-corrected chi connectivity index (χ3v) is 15.6. The SMILES string of the molecule is COc1ccc(C(OC[C@H]2O[C@@H](n3cnc4c(OCC[Si](C)(C)C)ncnc43)[C@@H](OCc3ccccc3)[C@@H]2OP(OCCC#N)N(C(C)C)C(C)C)(c2ccccc2)c2ccc(OC)cc2)cc1. The quantitative estimate of drug-likeness (QED) is 0.0246. The molecule has 14 nitrogen and oxygen atoms in total. The van der Waals surface area contributed by atoms with Gasteiger partial charge in [-0.25, -0.2) is 14.6 Å². The van der Waals surface area contributed by atoms with E-state index < -0.39 is 46.7 Å². The van der Waals surface area contributed by atoms with Crippen molar-refractivity contribution in [2.24, 2.45) is 0 Å². The van der Waals surface area contributed by atoms with Crippen LogP contribution in [-0.2, 0) is 35.5 Å². The van der Waals surface area contributed by atoms with E-state index in [1.165, 1.54) is 6.33 Å². The Balaban J connectivity index is 1.38. The maximum atomic E-state index is 9.63. The number of imidazole rings is 1. The fourth-order valence-corrected chi connectivity index (χ4v) is 10.9. The maximum absolute atomic E-state index is 9.63. The standard InChI is InChI=1S/C52H65N6O8PSi/c1-37(2)58(38(3)4)67(64-30-16-29-53)66-47-45(34-63-52(40-19-14-11-15-20-40,41-21-25-43(59-5)26-22-41)42-23-27-44(60-6)28-24-42)65-51(48(47)62-33-39-17-12-10-13-18-39)57-36-56-46-49(57)54-35-55-50(46)61-31-32-68(7,8)9/h10-15,17-28,35-38,45,47-48,51H,16,30-34H2,1-9H3/t45-,47-,48+,51-,67?/m1/s1. The first-order chi connectivity index (χ1) is 32.9. The number of hydrogen-bond donors (Lipinski definition) is 0. The van der Waals surface area contributed by atoms with E-state index in [1.54, 1.807) is 20.5 Å². The third-order valence-electron chi connectivity index (χ3n) is 11.8. The van der Waals surface area contributed by atoms with E-state index in [0.717, 1.165) is 28.3 Å². The van der Waals surface area contributed by atoms with Crippen LogP contribution >= 0.6 is 8.53 Å². The van der Waals surface area contributed by atoms with E-state index in [0.29, 0.717) is 35.1 Å². The Morgan fingerprint density at radius 2 is 1.38 bits per heavy atom. The summed E-state index contributed by atoms with van der Waals surface area (Å²) in [6, 6.07) is 39.3. The molecule has 0 saturated carbocycles. The van der Waals surface area contributed by atoms with Gasteiger partial charge in [-0.2, -0.15) is 10.2 Å². The summed E-state index contributed by atoms with van der Waals surface area (Å²) in [5.41, 5.74) is 3.47. The molecule has 0 aliphatic carbocycles. The van der Waals surface area contributed by atoms with E-state index in [4.69, 9.17) is 47.4 Å².